The van der Waals surface area contributed by atoms with Gasteiger partial charge in [-0.05, 0) is 25.5 Å². The van der Waals surface area contributed by atoms with Crippen LogP contribution in [0.3, 0.4) is 0 Å². The van der Waals surface area contributed by atoms with Gasteiger partial charge in [-0.25, -0.2) is 0 Å². The predicted octanol–water partition coefficient (Wildman–Crippen LogP) is 1.11. The van der Waals surface area contributed by atoms with Crippen LogP contribution in [0.1, 0.15) is 28.7 Å². The quantitative estimate of drug-likeness (QED) is 0.571. The Kier molecular flexibility index (Phi) is 4.98. The average molecular weight is 463 g/mol. The number of rotatable bonds is 5. The van der Waals surface area contributed by atoms with Gasteiger partial charge in [-0.1, -0.05) is 35.9 Å². The van der Waals surface area contributed by atoms with Crippen LogP contribution in [0.25, 0.3) is 0 Å². The van der Waals surface area contributed by atoms with E-state index in [2.05, 4.69) is 10.6 Å². The summed E-state index contributed by atoms with van der Waals surface area (Å²) in [5.41, 5.74) is 7.74. The van der Waals surface area contributed by atoms with Gasteiger partial charge in [-0.3, -0.25) is 29.4 Å². The molecule has 0 saturated carbocycles. The molecule has 0 unspecified atom stereocenters. The number of aryl methyl sites for hydroxylation is 2. The number of anilines is 1. The van der Waals surface area contributed by atoms with Gasteiger partial charge in [-0.15, -0.1) is 0 Å². The number of carbonyl (C=O) groups excluding carboxylic acids is 4. The topological polar surface area (TPSA) is 131 Å². The standard InChI is InChI=1S/C25H26N4O5/c1-12-8-13(2)21-15(9-12)25(24(33)27-21)20-19(16(28-25)10-18(26)30)22(31)29(23(20)32)11-14-6-4-5-7-17(14)34-3/h4-9,16,19-20,28H,10-11H2,1-3H3,(H2,26,30)(H,27,33)/t16-,19-,20+,25-/m1/s1. The van der Waals surface area contributed by atoms with E-state index in [-0.39, 0.29) is 13.0 Å². The smallest absolute Gasteiger partial charge is 0.250 e. The van der Waals surface area contributed by atoms with Gasteiger partial charge in [0.2, 0.25) is 23.6 Å². The molecule has 9 heteroatoms. The molecule has 2 aromatic carbocycles. The highest BCUT2D eigenvalue weighted by atomic mass is 16.5. The molecule has 176 valence electrons. The summed E-state index contributed by atoms with van der Waals surface area (Å²) in [6, 6.07) is 10.2. The Bertz CT molecular complexity index is 1260. The highest BCUT2D eigenvalue weighted by Crippen LogP contribution is 2.54. The molecule has 2 aromatic rings. The van der Waals surface area contributed by atoms with Crippen LogP contribution >= 0.6 is 0 Å². The summed E-state index contributed by atoms with van der Waals surface area (Å²) in [4.78, 5) is 54.1. The summed E-state index contributed by atoms with van der Waals surface area (Å²) in [5.74, 6) is -3.25. The lowest BCUT2D eigenvalue weighted by Gasteiger charge is -2.29. The van der Waals surface area contributed by atoms with Crippen LogP contribution in [0.15, 0.2) is 36.4 Å². The lowest BCUT2D eigenvalue weighted by molar-refractivity contribution is -0.143. The minimum absolute atomic E-state index is 0.00930. The zero-order valence-corrected chi connectivity index (χ0v) is 19.2. The number of benzene rings is 2. The highest BCUT2D eigenvalue weighted by molar-refractivity contribution is 6.15. The minimum Gasteiger partial charge on any atom is -0.496 e. The molecule has 3 aliphatic heterocycles. The highest BCUT2D eigenvalue weighted by Gasteiger charge is 2.70. The number of primary amides is 1. The predicted molar refractivity (Wildman–Crippen MR) is 122 cm³/mol. The van der Waals surface area contributed by atoms with E-state index in [0.717, 1.165) is 11.1 Å². The maximum Gasteiger partial charge on any atom is 0.250 e. The molecule has 0 bridgehead atoms. The van der Waals surface area contributed by atoms with E-state index >= 15 is 0 Å². The van der Waals surface area contributed by atoms with Gasteiger partial charge >= 0.3 is 0 Å². The molecule has 1 spiro atoms. The number of imide groups is 1. The number of methoxy groups -OCH3 is 1. The van der Waals surface area contributed by atoms with Crippen LogP contribution in [0.5, 0.6) is 5.75 Å². The summed E-state index contributed by atoms with van der Waals surface area (Å²) in [6.07, 6.45) is -0.169. The molecule has 9 nitrogen and oxygen atoms in total. The Labute approximate surface area is 196 Å². The van der Waals surface area contributed by atoms with Crippen molar-refractivity contribution in [1.82, 2.24) is 10.2 Å². The van der Waals surface area contributed by atoms with E-state index in [9.17, 15) is 19.2 Å². The van der Waals surface area contributed by atoms with Crippen molar-refractivity contribution in [1.29, 1.82) is 0 Å². The molecule has 5 rings (SSSR count). The van der Waals surface area contributed by atoms with E-state index in [0.29, 0.717) is 22.6 Å². The third-order valence-electron chi connectivity index (χ3n) is 7.20. The summed E-state index contributed by atoms with van der Waals surface area (Å²) >= 11 is 0. The molecule has 2 fully saturated rings. The average Bonchev–Trinajstić information content (AvgIpc) is 3.35. The number of hydrogen-bond donors (Lipinski definition) is 3. The summed E-state index contributed by atoms with van der Waals surface area (Å²) < 4.78 is 5.39. The Morgan fingerprint density at radius 2 is 1.88 bits per heavy atom. The van der Waals surface area contributed by atoms with E-state index in [1.807, 2.05) is 26.0 Å². The lowest BCUT2D eigenvalue weighted by atomic mass is 9.76. The third kappa shape index (κ3) is 2.96. The molecule has 4 amide bonds. The number of fused-ring (bicyclic) bond motifs is 4. The van der Waals surface area contributed by atoms with Gasteiger partial charge in [0.25, 0.3) is 0 Å². The number of hydrogen-bond acceptors (Lipinski definition) is 6. The van der Waals surface area contributed by atoms with Crippen molar-refractivity contribution in [3.8, 4) is 5.75 Å². The van der Waals surface area contributed by atoms with Crippen molar-refractivity contribution in [3.63, 3.8) is 0 Å². The van der Waals surface area contributed by atoms with Gasteiger partial charge in [-0.2, -0.15) is 0 Å². The van der Waals surface area contributed by atoms with E-state index in [4.69, 9.17) is 10.5 Å². The fraction of sp³-hybridized carbons (Fsp3) is 0.360. The second-order valence-electron chi connectivity index (χ2n) is 9.27. The van der Waals surface area contributed by atoms with E-state index in [1.165, 1.54) is 12.0 Å². The maximum absolute atomic E-state index is 13.8. The van der Waals surface area contributed by atoms with Crippen LogP contribution in [-0.4, -0.2) is 41.7 Å². The van der Waals surface area contributed by atoms with Crippen LogP contribution in [0, 0.1) is 25.7 Å². The van der Waals surface area contributed by atoms with Gasteiger partial charge in [0.1, 0.15) is 11.3 Å². The summed E-state index contributed by atoms with van der Waals surface area (Å²) in [5, 5.41) is 6.13. The second kappa shape index (κ2) is 7.66. The van der Waals surface area contributed by atoms with Crippen molar-refractivity contribution in [2.45, 2.75) is 38.4 Å². The first-order valence-electron chi connectivity index (χ1n) is 11.1. The van der Waals surface area contributed by atoms with Crippen molar-refractivity contribution in [3.05, 3.63) is 58.7 Å². The molecule has 0 radical (unpaired) electrons. The molecule has 3 aliphatic rings. The summed E-state index contributed by atoms with van der Waals surface area (Å²) in [7, 11) is 1.52. The van der Waals surface area contributed by atoms with Gasteiger partial charge in [0.15, 0.2) is 0 Å². The van der Waals surface area contributed by atoms with Crippen LogP contribution in [0.4, 0.5) is 5.69 Å². The van der Waals surface area contributed by atoms with Crippen molar-refractivity contribution in [2.24, 2.45) is 17.6 Å². The number of amides is 4. The number of nitrogens with two attached hydrogens (primary N) is 1. The Morgan fingerprint density at radius 3 is 2.59 bits per heavy atom. The fourth-order valence-electron chi connectivity index (χ4n) is 5.87. The van der Waals surface area contributed by atoms with E-state index in [1.54, 1.807) is 24.3 Å². The van der Waals surface area contributed by atoms with Crippen molar-refractivity contribution < 1.29 is 23.9 Å². The lowest BCUT2D eigenvalue weighted by Crippen LogP contribution is -2.53. The number of likely N-dealkylation sites (tertiary alicyclic amines) is 1. The zero-order chi connectivity index (χ0) is 24.4. The molecule has 2 saturated heterocycles. The molecule has 0 aromatic heterocycles. The number of carbonyl (C=O) groups is 4. The molecular weight excluding hydrogens is 436 g/mol. The Balaban J connectivity index is 1.63. The number of para-hydroxylation sites is 1. The fourth-order valence-corrected chi connectivity index (χ4v) is 5.87. The molecule has 3 heterocycles. The van der Waals surface area contributed by atoms with Gasteiger partial charge < -0.3 is 15.8 Å². The van der Waals surface area contributed by atoms with E-state index < -0.39 is 47.0 Å². The number of nitrogens with one attached hydrogen (secondary N) is 2. The monoisotopic (exact) mass is 462 g/mol. The van der Waals surface area contributed by atoms with Crippen LogP contribution < -0.4 is 21.1 Å². The molecule has 0 aliphatic carbocycles. The zero-order valence-electron chi connectivity index (χ0n) is 19.2. The number of ether oxygens (including phenoxy) is 1. The van der Waals surface area contributed by atoms with Crippen molar-refractivity contribution >= 4 is 29.3 Å². The Morgan fingerprint density at radius 1 is 1.15 bits per heavy atom. The first-order valence-corrected chi connectivity index (χ1v) is 11.1. The third-order valence-corrected chi connectivity index (χ3v) is 7.20. The largest absolute Gasteiger partial charge is 0.496 e. The molecule has 4 N–H and O–H groups in total. The molecule has 34 heavy (non-hydrogen) atoms. The molecular formula is C25H26N4O5. The Hall–Kier alpha value is -3.72. The second-order valence-corrected chi connectivity index (χ2v) is 9.27. The molecule has 4 atom stereocenters. The normalized spacial score (nSPS) is 27.2. The SMILES string of the molecule is COc1ccccc1CN1C(=O)[C@H]2[C@@H](C1=O)[C@@]1(N[C@@H]2CC(N)=O)C(=O)Nc2c(C)cc(C)cc21. The van der Waals surface area contributed by atoms with Gasteiger partial charge in [0.05, 0.1) is 25.5 Å². The first kappa shape index (κ1) is 22.1. The minimum atomic E-state index is -1.46. The van der Waals surface area contributed by atoms with Crippen LogP contribution in [-0.2, 0) is 31.3 Å². The first-order chi connectivity index (χ1) is 16.2. The van der Waals surface area contributed by atoms with Gasteiger partial charge in [0, 0.05) is 29.3 Å². The van der Waals surface area contributed by atoms with Crippen LogP contribution in [0.2, 0.25) is 0 Å². The summed E-state index contributed by atoms with van der Waals surface area (Å²) in [6.45, 7) is 3.80. The number of nitrogens with zero attached hydrogens (tertiary/aromatic N) is 1. The van der Waals surface area contributed by atoms with Crippen molar-refractivity contribution in [2.75, 3.05) is 12.4 Å². The maximum atomic E-state index is 13.8.